The third-order valence-electron chi connectivity index (χ3n) is 3.91. The standard InChI is InChI=1S/C20H16N4O3/c21-12-16-7-4-8-17(11-16)22-18(25)14-24-19(26)9-10-23(20(24)27)13-15-5-2-1-3-6-15/h1-11H,13-14H2,(H,22,25). The van der Waals surface area contributed by atoms with Gasteiger partial charge in [0, 0.05) is 18.0 Å². The highest BCUT2D eigenvalue weighted by atomic mass is 16.2. The minimum absolute atomic E-state index is 0.297. The molecule has 7 nitrogen and oxygen atoms in total. The van der Waals surface area contributed by atoms with Crippen LogP contribution in [0.5, 0.6) is 0 Å². The third kappa shape index (κ3) is 4.38. The summed E-state index contributed by atoms with van der Waals surface area (Å²) in [6, 6.07) is 19.0. The number of carbonyl (C=O) groups excluding carboxylic acids is 1. The van der Waals surface area contributed by atoms with Gasteiger partial charge in [0.2, 0.25) is 5.91 Å². The predicted octanol–water partition coefficient (Wildman–Crippen LogP) is 1.57. The molecule has 7 heteroatoms. The smallest absolute Gasteiger partial charge is 0.324 e. The summed E-state index contributed by atoms with van der Waals surface area (Å²) in [4.78, 5) is 36.9. The van der Waals surface area contributed by atoms with E-state index in [2.05, 4.69) is 5.32 Å². The lowest BCUT2D eigenvalue weighted by molar-refractivity contribution is -0.116. The van der Waals surface area contributed by atoms with Crippen molar-refractivity contribution in [2.45, 2.75) is 13.1 Å². The zero-order valence-corrected chi connectivity index (χ0v) is 14.3. The average Bonchev–Trinajstić information content (AvgIpc) is 2.68. The van der Waals surface area contributed by atoms with Crippen molar-refractivity contribution in [3.8, 4) is 6.07 Å². The maximum absolute atomic E-state index is 12.6. The number of carbonyl (C=O) groups is 1. The van der Waals surface area contributed by atoms with Crippen LogP contribution in [0.2, 0.25) is 0 Å². The van der Waals surface area contributed by atoms with Gasteiger partial charge in [0.25, 0.3) is 5.56 Å². The molecule has 1 N–H and O–H groups in total. The SMILES string of the molecule is N#Cc1cccc(NC(=O)Cn2c(=O)ccn(Cc3ccccc3)c2=O)c1. The quantitative estimate of drug-likeness (QED) is 0.747. The van der Waals surface area contributed by atoms with E-state index in [-0.39, 0.29) is 0 Å². The van der Waals surface area contributed by atoms with Crippen LogP contribution in [0, 0.1) is 11.3 Å². The molecule has 2 aromatic carbocycles. The van der Waals surface area contributed by atoms with Gasteiger partial charge in [-0.05, 0) is 23.8 Å². The average molecular weight is 360 g/mol. The van der Waals surface area contributed by atoms with Crippen LogP contribution in [-0.2, 0) is 17.9 Å². The molecular formula is C20H16N4O3. The Labute approximate surface area is 154 Å². The van der Waals surface area contributed by atoms with Gasteiger partial charge in [-0.15, -0.1) is 0 Å². The molecule has 134 valence electrons. The molecule has 0 saturated heterocycles. The first-order valence-corrected chi connectivity index (χ1v) is 8.21. The Bertz CT molecular complexity index is 1120. The summed E-state index contributed by atoms with van der Waals surface area (Å²) in [7, 11) is 0. The summed E-state index contributed by atoms with van der Waals surface area (Å²) < 4.78 is 2.26. The van der Waals surface area contributed by atoms with E-state index < -0.39 is 23.7 Å². The van der Waals surface area contributed by atoms with Gasteiger partial charge in [-0.25, -0.2) is 4.79 Å². The maximum atomic E-state index is 12.6. The Balaban J connectivity index is 1.81. The topological polar surface area (TPSA) is 96.9 Å². The predicted molar refractivity (Wildman–Crippen MR) is 100 cm³/mol. The largest absolute Gasteiger partial charge is 0.331 e. The molecule has 1 amide bonds. The van der Waals surface area contributed by atoms with Crippen molar-refractivity contribution in [3.05, 3.63) is 98.8 Å². The summed E-state index contributed by atoms with van der Waals surface area (Å²) >= 11 is 0. The fraction of sp³-hybridized carbons (Fsp3) is 0.100. The molecule has 0 fully saturated rings. The number of benzene rings is 2. The lowest BCUT2D eigenvalue weighted by Crippen LogP contribution is -2.41. The Morgan fingerprint density at radius 2 is 1.81 bits per heavy atom. The number of hydrogen-bond acceptors (Lipinski definition) is 4. The lowest BCUT2D eigenvalue weighted by atomic mass is 10.2. The normalized spacial score (nSPS) is 10.2. The highest BCUT2D eigenvalue weighted by molar-refractivity contribution is 5.90. The van der Waals surface area contributed by atoms with Gasteiger partial charge in [-0.2, -0.15) is 5.26 Å². The van der Waals surface area contributed by atoms with Crippen LogP contribution in [0.3, 0.4) is 0 Å². The van der Waals surface area contributed by atoms with Gasteiger partial charge in [0.1, 0.15) is 6.54 Å². The van der Waals surface area contributed by atoms with Crippen LogP contribution in [0.15, 0.2) is 76.4 Å². The van der Waals surface area contributed by atoms with Crippen molar-refractivity contribution in [2.24, 2.45) is 0 Å². The van der Waals surface area contributed by atoms with E-state index in [4.69, 9.17) is 5.26 Å². The van der Waals surface area contributed by atoms with Gasteiger partial charge in [0.05, 0.1) is 18.2 Å². The zero-order valence-electron chi connectivity index (χ0n) is 14.3. The molecule has 27 heavy (non-hydrogen) atoms. The van der Waals surface area contributed by atoms with E-state index >= 15 is 0 Å². The zero-order chi connectivity index (χ0) is 19.2. The minimum Gasteiger partial charge on any atom is -0.324 e. The van der Waals surface area contributed by atoms with Gasteiger partial charge in [-0.1, -0.05) is 36.4 Å². The van der Waals surface area contributed by atoms with E-state index in [0.717, 1.165) is 10.1 Å². The number of nitrogens with zero attached hydrogens (tertiary/aromatic N) is 3. The summed E-state index contributed by atoms with van der Waals surface area (Å²) in [5.41, 5.74) is 0.614. The second-order valence-electron chi connectivity index (χ2n) is 5.88. The molecule has 3 rings (SSSR count). The van der Waals surface area contributed by atoms with Crippen molar-refractivity contribution in [2.75, 3.05) is 5.32 Å². The first-order valence-electron chi connectivity index (χ1n) is 8.21. The van der Waals surface area contributed by atoms with Crippen LogP contribution in [0.1, 0.15) is 11.1 Å². The first kappa shape index (κ1) is 17.9. The van der Waals surface area contributed by atoms with E-state index in [1.54, 1.807) is 18.2 Å². The number of nitriles is 1. The molecule has 1 heterocycles. The fourth-order valence-corrected chi connectivity index (χ4v) is 2.61. The molecule has 0 aliphatic heterocycles. The monoisotopic (exact) mass is 360 g/mol. The molecule has 1 aromatic heterocycles. The van der Waals surface area contributed by atoms with Gasteiger partial charge in [0.15, 0.2) is 0 Å². The molecule has 0 saturated carbocycles. The Hall–Kier alpha value is -3.92. The van der Waals surface area contributed by atoms with E-state index in [1.807, 2.05) is 36.4 Å². The number of aromatic nitrogens is 2. The van der Waals surface area contributed by atoms with Gasteiger partial charge >= 0.3 is 5.69 Å². The van der Waals surface area contributed by atoms with Crippen LogP contribution < -0.4 is 16.6 Å². The molecule has 0 aliphatic rings. The van der Waals surface area contributed by atoms with Crippen molar-refractivity contribution in [1.82, 2.24) is 9.13 Å². The van der Waals surface area contributed by atoms with E-state index in [1.165, 1.54) is 22.9 Å². The van der Waals surface area contributed by atoms with Crippen LogP contribution in [0.4, 0.5) is 5.69 Å². The lowest BCUT2D eigenvalue weighted by Gasteiger charge is -2.10. The van der Waals surface area contributed by atoms with Crippen LogP contribution in [0.25, 0.3) is 0 Å². The molecule has 0 aliphatic carbocycles. The van der Waals surface area contributed by atoms with Crippen molar-refractivity contribution >= 4 is 11.6 Å². The molecule has 0 radical (unpaired) electrons. The van der Waals surface area contributed by atoms with Crippen molar-refractivity contribution in [1.29, 1.82) is 5.26 Å². The Morgan fingerprint density at radius 1 is 1.04 bits per heavy atom. The highest BCUT2D eigenvalue weighted by Gasteiger charge is 2.11. The van der Waals surface area contributed by atoms with Crippen LogP contribution >= 0.6 is 0 Å². The maximum Gasteiger partial charge on any atom is 0.331 e. The second-order valence-corrected chi connectivity index (χ2v) is 5.88. The highest BCUT2D eigenvalue weighted by Crippen LogP contribution is 2.09. The third-order valence-corrected chi connectivity index (χ3v) is 3.91. The van der Waals surface area contributed by atoms with Crippen molar-refractivity contribution in [3.63, 3.8) is 0 Å². The number of anilines is 1. The second kappa shape index (κ2) is 7.97. The molecule has 0 spiro atoms. The number of rotatable bonds is 5. The van der Waals surface area contributed by atoms with E-state index in [9.17, 15) is 14.4 Å². The molecular weight excluding hydrogens is 344 g/mol. The molecule has 0 bridgehead atoms. The van der Waals surface area contributed by atoms with Crippen molar-refractivity contribution < 1.29 is 4.79 Å². The summed E-state index contributed by atoms with van der Waals surface area (Å²) in [6.07, 6.45) is 1.42. The minimum atomic E-state index is -0.563. The molecule has 3 aromatic rings. The van der Waals surface area contributed by atoms with Crippen LogP contribution in [-0.4, -0.2) is 15.0 Å². The Morgan fingerprint density at radius 3 is 2.56 bits per heavy atom. The van der Waals surface area contributed by atoms with Gasteiger partial charge in [-0.3, -0.25) is 18.7 Å². The first-order chi connectivity index (χ1) is 13.1. The molecule has 0 atom stereocenters. The Kier molecular flexibility index (Phi) is 5.28. The van der Waals surface area contributed by atoms with Gasteiger partial charge < -0.3 is 5.32 Å². The number of nitrogens with one attached hydrogen (secondary N) is 1. The van der Waals surface area contributed by atoms with E-state index in [0.29, 0.717) is 17.8 Å². The summed E-state index contributed by atoms with van der Waals surface area (Å²) in [6.45, 7) is -0.115. The summed E-state index contributed by atoms with van der Waals surface area (Å²) in [5.74, 6) is -0.526. The summed E-state index contributed by atoms with van der Waals surface area (Å²) in [5, 5.41) is 11.5. The fourth-order valence-electron chi connectivity index (χ4n) is 2.61. The molecule has 0 unspecified atom stereocenters. The number of hydrogen-bond donors (Lipinski definition) is 1. The number of amides is 1.